The van der Waals surface area contributed by atoms with E-state index in [0.29, 0.717) is 29.1 Å². The van der Waals surface area contributed by atoms with E-state index in [9.17, 15) is 18.0 Å². The number of carbonyl (C=O) groups excluding carboxylic acids is 1. The van der Waals surface area contributed by atoms with Gasteiger partial charge in [0.1, 0.15) is 5.69 Å². The van der Waals surface area contributed by atoms with Crippen LogP contribution >= 0.6 is 23.2 Å². The highest BCUT2D eigenvalue weighted by Gasteiger charge is 2.34. The Morgan fingerprint density at radius 1 is 1.26 bits per heavy atom. The summed E-state index contributed by atoms with van der Waals surface area (Å²) >= 11 is 12.2. The van der Waals surface area contributed by atoms with Crippen molar-refractivity contribution in [3.63, 3.8) is 0 Å². The molecule has 35 heavy (non-hydrogen) atoms. The van der Waals surface area contributed by atoms with Crippen molar-refractivity contribution in [2.24, 2.45) is 4.99 Å². The van der Waals surface area contributed by atoms with Gasteiger partial charge in [-0.3, -0.25) is 14.5 Å². The third kappa shape index (κ3) is 6.05. The molecular formula is C23H23Cl2F3N6O. The first-order valence-electron chi connectivity index (χ1n) is 11.0. The molecular weight excluding hydrogens is 504 g/mol. The average Bonchev–Trinajstić information content (AvgIpc) is 3.18. The summed E-state index contributed by atoms with van der Waals surface area (Å²) in [4.78, 5) is 20.4. The summed E-state index contributed by atoms with van der Waals surface area (Å²) in [7, 11) is 1.64. The highest BCUT2D eigenvalue weighted by molar-refractivity contribution is 6.32. The van der Waals surface area contributed by atoms with Crippen LogP contribution in [0.5, 0.6) is 0 Å². The van der Waals surface area contributed by atoms with Crippen LogP contribution in [0.1, 0.15) is 41.7 Å². The Kier molecular flexibility index (Phi) is 7.51. The number of benzene rings is 1. The zero-order chi connectivity index (χ0) is 25.2. The summed E-state index contributed by atoms with van der Waals surface area (Å²) in [5.41, 5.74) is -0.207. The lowest BCUT2D eigenvalue weighted by molar-refractivity contribution is -0.140. The molecule has 3 aromatic rings. The molecule has 1 amide bonds. The second kappa shape index (κ2) is 10.4. The Morgan fingerprint density at radius 2 is 2.03 bits per heavy atom. The van der Waals surface area contributed by atoms with Crippen molar-refractivity contribution in [2.75, 3.05) is 12.4 Å². The minimum absolute atomic E-state index is 0.0947. The number of hydrogen-bond donors (Lipinski definition) is 2. The Labute approximate surface area is 209 Å². The Bertz CT molecular complexity index is 1260. The van der Waals surface area contributed by atoms with Gasteiger partial charge in [0.05, 0.1) is 17.6 Å². The van der Waals surface area contributed by atoms with Gasteiger partial charge in [0.15, 0.2) is 5.15 Å². The minimum atomic E-state index is -4.58. The summed E-state index contributed by atoms with van der Waals surface area (Å²) < 4.78 is 41.8. The van der Waals surface area contributed by atoms with Gasteiger partial charge in [-0.15, -0.1) is 0 Å². The van der Waals surface area contributed by atoms with E-state index >= 15 is 0 Å². The van der Waals surface area contributed by atoms with Crippen LogP contribution in [-0.4, -0.2) is 46.0 Å². The van der Waals surface area contributed by atoms with E-state index in [-0.39, 0.29) is 34.2 Å². The van der Waals surface area contributed by atoms with E-state index in [2.05, 4.69) is 25.7 Å². The van der Waals surface area contributed by atoms with Crippen molar-refractivity contribution < 1.29 is 18.0 Å². The number of halogens is 5. The third-order valence-electron chi connectivity index (χ3n) is 5.84. The highest BCUT2D eigenvalue weighted by Crippen LogP contribution is 2.35. The number of carbonyl (C=O) groups is 1. The van der Waals surface area contributed by atoms with E-state index in [1.54, 1.807) is 25.5 Å². The largest absolute Gasteiger partial charge is 0.433 e. The smallest absolute Gasteiger partial charge is 0.382 e. The molecule has 4 rings (SSSR count). The number of aliphatic imine (C=N–C) groups is 1. The maximum absolute atomic E-state index is 13.4. The van der Waals surface area contributed by atoms with Crippen LogP contribution in [0.2, 0.25) is 10.2 Å². The first-order valence-corrected chi connectivity index (χ1v) is 11.8. The van der Waals surface area contributed by atoms with Gasteiger partial charge in [-0.2, -0.15) is 18.3 Å². The summed E-state index contributed by atoms with van der Waals surface area (Å²) in [5, 5.41) is 11.3. The Morgan fingerprint density at radius 3 is 2.77 bits per heavy atom. The number of fused-ring (bicyclic) bond motifs is 1. The van der Waals surface area contributed by atoms with E-state index in [1.807, 2.05) is 0 Å². The molecule has 12 heteroatoms. The van der Waals surface area contributed by atoms with Crippen LogP contribution in [0.3, 0.4) is 0 Å². The lowest BCUT2D eigenvalue weighted by atomic mass is 9.90. The molecule has 0 saturated heterocycles. The molecule has 2 N–H and O–H groups in total. The van der Waals surface area contributed by atoms with Gasteiger partial charge >= 0.3 is 6.18 Å². The fourth-order valence-electron chi connectivity index (χ4n) is 4.21. The summed E-state index contributed by atoms with van der Waals surface area (Å²) in [6.07, 6.45) is 1.43. The normalized spacial score (nSPS) is 18.8. The molecule has 0 unspecified atom stereocenters. The van der Waals surface area contributed by atoms with Crippen molar-refractivity contribution in [3.05, 3.63) is 51.9 Å². The van der Waals surface area contributed by atoms with Crippen LogP contribution in [0.4, 0.5) is 18.9 Å². The van der Waals surface area contributed by atoms with Crippen molar-refractivity contribution in [1.29, 1.82) is 0 Å². The molecule has 0 radical (unpaired) electrons. The van der Waals surface area contributed by atoms with Crippen molar-refractivity contribution >= 4 is 51.9 Å². The number of nitrogens with one attached hydrogen (secondary N) is 2. The number of rotatable bonds is 6. The molecule has 7 nitrogen and oxygen atoms in total. The Balaban J connectivity index is 1.50. The summed E-state index contributed by atoms with van der Waals surface area (Å²) in [6, 6.07) is 5.25. The molecule has 2 heterocycles. The number of alkyl halides is 3. The minimum Gasteiger partial charge on any atom is -0.382 e. The molecule has 0 aliphatic heterocycles. The fraction of sp³-hybridized carbons (Fsp3) is 0.391. The Hall–Kier alpha value is -2.85. The van der Waals surface area contributed by atoms with Gasteiger partial charge in [0, 0.05) is 47.6 Å². The van der Waals surface area contributed by atoms with Crippen LogP contribution in [0, 0.1) is 0 Å². The molecule has 2 aromatic heterocycles. The van der Waals surface area contributed by atoms with Crippen molar-refractivity contribution in [3.8, 4) is 0 Å². The van der Waals surface area contributed by atoms with Crippen LogP contribution in [0.15, 0.2) is 35.5 Å². The van der Waals surface area contributed by atoms with Crippen molar-refractivity contribution in [2.45, 2.75) is 50.5 Å². The predicted molar refractivity (Wildman–Crippen MR) is 131 cm³/mol. The van der Waals surface area contributed by atoms with Gasteiger partial charge in [0.2, 0.25) is 0 Å². The fourth-order valence-corrected chi connectivity index (χ4v) is 4.61. The molecule has 1 aliphatic rings. The third-order valence-corrected chi connectivity index (χ3v) is 6.36. The molecule has 1 aliphatic carbocycles. The van der Waals surface area contributed by atoms with Crippen LogP contribution in [-0.2, 0) is 12.7 Å². The topological polar surface area (TPSA) is 84.2 Å². The molecule has 0 bridgehead atoms. The van der Waals surface area contributed by atoms with Gasteiger partial charge < -0.3 is 10.6 Å². The highest BCUT2D eigenvalue weighted by atomic mass is 35.5. The van der Waals surface area contributed by atoms with Crippen LogP contribution < -0.4 is 10.6 Å². The van der Waals surface area contributed by atoms with E-state index < -0.39 is 11.9 Å². The maximum Gasteiger partial charge on any atom is 0.433 e. The second-order valence-electron chi connectivity index (χ2n) is 8.39. The summed E-state index contributed by atoms with van der Waals surface area (Å²) in [6.45, 7) is 0.392. The van der Waals surface area contributed by atoms with Gasteiger partial charge in [-0.25, -0.2) is 4.98 Å². The number of aromatic nitrogens is 3. The number of amides is 1. The quantitative estimate of drug-likeness (QED) is 0.409. The first-order chi connectivity index (χ1) is 16.6. The summed E-state index contributed by atoms with van der Waals surface area (Å²) in [5.74, 6) is -0.346. The lowest BCUT2D eigenvalue weighted by Crippen LogP contribution is -2.41. The van der Waals surface area contributed by atoms with Gasteiger partial charge in [0.25, 0.3) is 5.91 Å². The van der Waals surface area contributed by atoms with Gasteiger partial charge in [-0.05, 0) is 49.9 Å². The zero-order valence-electron chi connectivity index (χ0n) is 18.7. The van der Waals surface area contributed by atoms with Gasteiger partial charge in [-0.1, -0.05) is 23.2 Å². The molecule has 1 saturated carbocycles. The second-order valence-corrected chi connectivity index (χ2v) is 9.18. The van der Waals surface area contributed by atoms with E-state index in [1.165, 1.54) is 16.8 Å². The first kappa shape index (κ1) is 25.2. The zero-order valence-corrected chi connectivity index (χ0v) is 20.3. The van der Waals surface area contributed by atoms with Crippen LogP contribution in [0.25, 0.3) is 10.9 Å². The molecule has 1 aromatic carbocycles. The lowest BCUT2D eigenvalue weighted by Gasteiger charge is -2.31. The standard InChI is InChI=1S/C23H23Cl2F3N6O/c1-29-7-8-34-12-17(21(25)33-34)22(35)31-15-4-2-3-14(10-15)30-19-11-20(23(26,27)28)32-18-6-5-13(24)9-16(18)19/h5-7,9,11-12,14-15H,2-4,8,10H2,1H3,(H,30,32)(H,31,35)/t14-,15+/m0/s1. The van der Waals surface area contributed by atoms with E-state index in [0.717, 1.165) is 25.3 Å². The molecule has 186 valence electrons. The van der Waals surface area contributed by atoms with Crippen molar-refractivity contribution in [1.82, 2.24) is 20.1 Å². The monoisotopic (exact) mass is 526 g/mol. The average molecular weight is 527 g/mol. The number of hydrogen-bond acceptors (Lipinski definition) is 5. The molecule has 2 atom stereocenters. The number of nitrogens with zero attached hydrogens (tertiary/aromatic N) is 4. The molecule has 1 fully saturated rings. The number of pyridine rings is 1. The maximum atomic E-state index is 13.4. The number of anilines is 1. The SMILES string of the molecule is CN=CCn1cc(C(=O)N[C@@H]2CCC[C@H](Nc3cc(C(F)(F)F)nc4ccc(Cl)cc34)C2)c(Cl)n1. The molecule has 0 spiro atoms. The predicted octanol–water partition coefficient (Wildman–Crippen LogP) is 5.61. The van der Waals surface area contributed by atoms with E-state index in [4.69, 9.17) is 23.2 Å².